The molecule has 1 heterocycles. The Morgan fingerprint density at radius 3 is 2.64 bits per heavy atom. The molecule has 64 valence electrons. The molecule has 0 radical (unpaired) electrons. The van der Waals surface area contributed by atoms with E-state index in [4.69, 9.17) is 5.41 Å². The molecule has 1 rings (SSSR count). The second kappa shape index (κ2) is 4.65. The first-order valence-electron chi connectivity index (χ1n) is 4.24. The molecule has 0 spiro atoms. The summed E-state index contributed by atoms with van der Waals surface area (Å²) in [6.07, 6.45) is 2.55. The van der Waals surface area contributed by atoms with Crippen LogP contribution in [0.25, 0.3) is 0 Å². The van der Waals surface area contributed by atoms with Crippen LogP contribution in [0, 0.1) is 5.41 Å². The van der Waals surface area contributed by atoms with Crippen LogP contribution in [0.2, 0.25) is 0 Å². The maximum Gasteiger partial charge on any atom is 0.106 e. The minimum atomic E-state index is 0.828. The predicted octanol–water partition coefficient (Wildman–Crippen LogP) is 1.81. The summed E-state index contributed by atoms with van der Waals surface area (Å²) in [4.78, 5) is 2.20. The van der Waals surface area contributed by atoms with Gasteiger partial charge in [0.15, 0.2) is 0 Å². The molecule has 0 aromatic heterocycles. The van der Waals surface area contributed by atoms with Crippen LogP contribution < -0.4 is 0 Å². The number of hydrogen-bond donors (Lipinski definition) is 1. The summed E-state index contributed by atoms with van der Waals surface area (Å²) in [5, 5.41) is 7.69. The number of thioether (sulfide) groups is 1. The average molecular weight is 172 g/mol. The van der Waals surface area contributed by atoms with E-state index in [1.54, 1.807) is 0 Å². The van der Waals surface area contributed by atoms with Crippen molar-refractivity contribution in [3.05, 3.63) is 0 Å². The molecule has 0 unspecified atom stereocenters. The minimum Gasteiger partial charge on any atom is -0.360 e. The molecule has 1 N–H and O–H groups in total. The second-order valence-corrected chi connectivity index (χ2v) is 4.05. The van der Waals surface area contributed by atoms with Crippen molar-refractivity contribution in [3.63, 3.8) is 0 Å². The van der Waals surface area contributed by atoms with Crippen molar-refractivity contribution < 1.29 is 0 Å². The quantitative estimate of drug-likeness (QED) is 0.519. The molecule has 1 fully saturated rings. The van der Waals surface area contributed by atoms with Crippen LogP contribution in [0.5, 0.6) is 0 Å². The highest BCUT2D eigenvalue weighted by Gasteiger charge is 2.13. The molecular formula is C8H16N2S. The van der Waals surface area contributed by atoms with Gasteiger partial charge in [0.25, 0.3) is 0 Å². The van der Waals surface area contributed by atoms with Gasteiger partial charge in [-0.3, -0.25) is 5.41 Å². The summed E-state index contributed by atoms with van der Waals surface area (Å²) in [6.45, 7) is 4.37. The Hall–Kier alpha value is -0.180. The first kappa shape index (κ1) is 8.91. The van der Waals surface area contributed by atoms with Crippen LogP contribution in [-0.2, 0) is 0 Å². The monoisotopic (exact) mass is 172 g/mol. The van der Waals surface area contributed by atoms with Gasteiger partial charge in [-0.2, -0.15) is 11.8 Å². The van der Waals surface area contributed by atoms with E-state index >= 15 is 0 Å². The Morgan fingerprint density at radius 2 is 2.09 bits per heavy atom. The Kier molecular flexibility index (Phi) is 3.77. The Bertz CT molecular complexity index is 130. The van der Waals surface area contributed by atoms with Crippen molar-refractivity contribution in [2.45, 2.75) is 19.8 Å². The molecule has 0 aromatic rings. The molecule has 1 aliphatic heterocycles. The van der Waals surface area contributed by atoms with Crippen LogP contribution in [0.4, 0.5) is 0 Å². The summed E-state index contributed by atoms with van der Waals surface area (Å²) in [5.41, 5.74) is 0. The molecule has 0 aliphatic carbocycles. The number of hydrogen-bond acceptors (Lipinski definition) is 2. The van der Waals surface area contributed by atoms with Crippen molar-refractivity contribution in [3.8, 4) is 0 Å². The highest BCUT2D eigenvalue weighted by molar-refractivity contribution is 7.99. The third-order valence-corrected chi connectivity index (χ3v) is 2.82. The Morgan fingerprint density at radius 1 is 1.45 bits per heavy atom. The van der Waals surface area contributed by atoms with E-state index in [9.17, 15) is 0 Å². The first-order chi connectivity index (χ1) is 5.34. The van der Waals surface area contributed by atoms with Crippen LogP contribution in [0.15, 0.2) is 0 Å². The zero-order valence-electron chi connectivity index (χ0n) is 7.10. The topological polar surface area (TPSA) is 27.1 Å². The second-order valence-electron chi connectivity index (χ2n) is 2.78. The van der Waals surface area contributed by atoms with Gasteiger partial charge in [0, 0.05) is 13.1 Å². The van der Waals surface area contributed by atoms with Gasteiger partial charge in [0.1, 0.15) is 5.84 Å². The zero-order chi connectivity index (χ0) is 8.10. The minimum absolute atomic E-state index is 0.828. The fourth-order valence-electron chi connectivity index (χ4n) is 1.28. The van der Waals surface area contributed by atoms with E-state index in [1.807, 2.05) is 11.8 Å². The number of rotatable bonds is 3. The lowest BCUT2D eigenvalue weighted by Gasteiger charge is -2.17. The molecule has 0 atom stereocenters. The Labute approximate surface area is 72.9 Å². The SMILES string of the molecule is CCSCC(=N)N1CCCC1. The fourth-order valence-corrected chi connectivity index (χ4v) is 1.86. The van der Waals surface area contributed by atoms with Gasteiger partial charge in [0.05, 0.1) is 5.75 Å². The molecule has 0 bridgehead atoms. The normalized spacial score (nSPS) is 17.4. The van der Waals surface area contributed by atoms with E-state index in [1.165, 1.54) is 12.8 Å². The number of likely N-dealkylation sites (tertiary alicyclic amines) is 1. The van der Waals surface area contributed by atoms with Crippen LogP contribution in [-0.4, -0.2) is 35.3 Å². The fraction of sp³-hybridized carbons (Fsp3) is 0.875. The lowest BCUT2D eigenvalue weighted by Crippen LogP contribution is -2.28. The highest BCUT2D eigenvalue weighted by Crippen LogP contribution is 2.10. The summed E-state index contributed by atoms with van der Waals surface area (Å²) in [6, 6.07) is 0. The van der Waals surface area contributed by atoms with Crippen molar-refractivity contribution in [1.82, 2.24) is 4.90 Å². The highest BCUT2D eigenvalue weighted by atomic mass is 32.2. The van der Waals surface area contributed by atoms with Gasteiger partial charge in [-0.25, -0.2) is 0 Å². The molecule has 3 heteroatoms. The lowest BCUT2D eigenvalue weighted by molar-refractivity contribution is 0.514. The van der Waals surface area contributed by atoms with Gasteiger partial charge in [-0.1, -0.05) is 6.92 Å². The van der Waals surface area contributed by atoms with Gasteiger partial charge in [-0.05, 0) is 18.6 Å². The molecule has 1 saturated heterocycles. The number of nitrogens with zero attached hydrogens (tertiary/aromatic N) is 1. The van der Waals surface area contributed by atoms with Gasteiger partial charge in [0.2, 0.25) is 0 Å². The lowest BCUT2D eigenvalue weighted by atomic mass is 10.4. The van der Waals surface area contributed by atoms with E-state index in [2.05, 4.69) is 11.8 Å². The van der Waals surface area contributed by atoms with Crippen molar-refractivity contribution in [2.75, 3.05) is 24.6 Å². The molecule has 2 nitrogen and oxygen atoms in total. The molecule has 1 aliphatic rings. The summed E-state index contributed by atoms with van der Waals surface area (Å²) in [7, 11) is 0. The largest absolute Gasteiger partial charge is 0.360 e. The number of amidine groups is 1. The van der Waals surface area contributed by atoms with Gasteiger partial charge >= 0.3 is 0 Å². The Balaban J connectivity index is 2.17. The van der Waals surface area contributed by atoms with Crippen molar-refractivity contribution >= 4 is 17.6 Å². The zero-order valence-corrected chi connectivity index (χ0v) is 7.91. The van der Waals surface area contributed by atoms with E-state index in [-0.39, 0.29) is 0 Å². The smallest absolute Gasteiger partial charge is 0.106 e. The van der Waals surface area contributed by atoms with E-state index in [0.717, 1.165) is 30.4 Å². The molecule has 11 heavy (non-hydrogen) atoms. The van der Waals surface area contributed by atoms with E-state index < -0.39 is 0 Å². The molecule has 0 saturated carbocycles. The average Bonchev–Trinajstić information content (AvgIpc) is 2.52. The summed E-state index contributed by atoms with van der Waals surface area (Å²) >= 11 is 1.84. The van der Waals surface area contributed by atoms with E-state index in [0.29, 0.717) is 0 Å². The predicted molar refractivity (Wildman–Crippen MR) is 51.5 cm³/mol. The van der Waals surface area contributed by atoms with Crippen LogP contribution in [0.3, 0.4) is 0 Å². The van der Waals surface area contributed by atoms with Crippen molar-refractivity contribution in [2.24, 2.45) is 0 Å². The molecular weight excluding hydrogens is 156 g/mol. The third kappa shape index (κ3) is 2.73. The van der Waals surface area contributed by atoms with Crippen molar-refractivity contribution in [1.29, 1.82) is 5.41 Å². The summed E-state index contributed by atoms with van der Waals surface area (Å²) in [5.74, 6) is 2.85. The maximum atomic E-state index is 7.69. The molecule has 0 amide bonds. The van der Waals surface area contributed by atoms with Gasteiger partial charge in [-0.15, -0.1) is 0 Å². The first-order valence-corrected chi connectivity index (χ1v) is 5.40. The standard InChI is InChI=1S/C8H16N2S/c1-2-11-7-8(9)10-5-3-4-6-10/h9H,2-7H2,1H3. The molecule has 0 aromatic carbocycles. The van der Waals surface area contributed by atoms with Crippen LogP contribution >= 0.6 is 11.8 Å². The third-order valence-electron chi connectivity index (χ3n) is 1.93. The van der Waals surface area contributed by atoms with Gasteiger partial charge < -0.3 is 4.90 Å². The summed E-state index contributed by atoms with van der Waals surface area (Å²) < 4.78 is 0. The maximum absolute atomic E-state index is 7.69. The number of nitrogens with one attached hydrogen (secondary N) is 1. The van der Waals surface area contributed by atoms with Crippen LogP contribution in [0.1, 0.15) is 19.8 Å².